The molecule has 0 aromatic heterocycles. The fourth-order valence-electron chi connectivity index (χ4n) is 4.70. The van der Waals surface area contributed by atoms with Crippen LogP contribution in [0.15, 0.2) is 47.4 Å². The maximum absolute atomic E-state index is 13.2. The minimum Gasteiger partial charge on any atom is -0.497 e. The lowest BCUT2D eigenvalue weighted by molar-refractivity contribution is -0.116. The first-order valence-electron chi connectivity index (χ1n) is 11.2. The molecule has 4 rings (SSSR count). The first-order valence-corrected chi connectivity index (χ1v) is 12.7. The van der Waals surface area contributed by atoms with Crippen molar-refractivity contribution in [1.29, 1.82) is 0 Å². The van der Waals surface area contributed by atoms with Gasteiger partial charge in [-0.1, -0.05) is 12.1 Å². The van der Waals surface area contributed by atoms with Gasteiger partial charge in [0.05, 0.1) is 25.2 Å². The summed E-state index contributed by atoms with van der Waals surface area (Å²) in [4.78, 5) is 16.2. The van der Waals surface area contributed by atoms with E-state index in [9.17, 15) is 13.2 Å². The molecule has 2 aromatic rings. The second-order valence-electron chi connectivity index (χ2n) is 8.52. The zero-order valence-electron chi connectivity index (χ0n) is 19.3. The van der Waals surface area contributed by atoms with Crippen molar-refractivity contribution in [3.05, 3.63) is 53.6 Å². The number of rotatable bonds is 7. The molecule has 9 heteroatoms. The van der Waals surface area contributed by atoms with Crippen LogP contribution in [0.25, 0.3) is 0 Å². The van der Waals surface area contributed by atoms with Crippen LogP contribution in [-0.4, -0.2) is 65.2 Å². The minimum atomic E-state index is -3.73. The molecule has 0 radical (unpaired) electrons. The van der Waals surface area contributed by atoms with Crippen molar-refractivity contribution in [2.75, 3.05) is 44.9 Å². The molecule has 8 nitrogen and oxygen atoms in total. The molecule has 2 atom stereocenters. The number of methoxy groups -OCH3 is 1. The fourth-order valence-corrected chi connectivity index (χ4v) is 5.79. The molecule has 178 valence electrons. The summed E-state index contributed by atoms with van der Waals surface area (Å²) in [7, 11) is -2.11. The Kier molecular flexibility index (Phi) is 7.04. The van der Waals surface area contributed by atoms with Gasteiger partial charge in [0.1, 0.15) is 5.75 Å². The maximum atomic E-state index is 13.2. The number of nitrogens with one attached hydrogen (secondary N) is 1. The Bertz CT molecular complexity index is 1100. The Balaban J connectivity index is 1.54. The van der Waals surface area contributed by atoms with E-state index in [1.807, 2.05) is 31.2 Å². The van der Waals surface area contributed by atoms with Gasteiger partial charge in [-0.3, -0.25) is 9.69 Å². The van der Waals surface area contributed by atoms with Crippen LogP contribution >= 0.6 is 0 Å². The van der Waals surface area contributed by atoms with Gasteiger partial charge in [-0.25, -0.2) is 13.1 Å². The second-order valence-corrected chi connectivity index (χ2v) is 10.3. The second kappa shape index (κ2) is 9.80. The first kappa shape index (κ1) is 23.7. The number of sulfonamides is 1. The normalized spacial score (nSPS) is 19.8. The molecule has 0 saturated carbocycles. The molecule has 1 fully saturated rings. The van der Waals surface area contributed by atoms with Crippen LogP contribution in [0.4, 0.5) is 5.69 Å². The average Bonchev–Trinajstić information content (AvgIpc) is 3.15. The van der Waals surface area contributed by atoms with E-state index < -0.39 is 10.0 Å². The van der Waals surface area contributed by atoms with E-state index in [4.69, 9.17) is 9.47 Å². The lowest BCUT2D eigenvalue weighted by Crippen LogP contribution is -2.43. The lowest BCUT2D eigenvalue weighted by Gasteiger charge is -2.35. The molecular weight excluding hydrogens is 442 g/mol. The summed E-state index contributed by atoms with van der Waals surface area (Å²) in [6.45, 7) is 6.44. The maximum Gasteiger partial charge on any atom is 0.240 e. The SMILES string of the molecule is COc1ccc([C@H](CNS(=O)(=O)c2ccc3c(c2)C[C@H](C)N3C(C)=O)N2CCOCC2)cc1. The number of hydrogen-bond acceptors (Lipinski definition) is 6. The van der Waals surface area contributed by atoms with Crippen molar-refractivity contribution in [2.45, 2.75) is 37.2 Å². The highest BCUT2D eigenvalue weighted by molar-refractivity contribution is 7.89. The smallest absolute Gasteiger partial charge is 0.240 e. The van der Waals surface area contributed by atoms with Crippen LogP contribution in [0.3, 0.4) is 0 Å². The summed E-state index contributed by atoms with van der Waals surface area (Å²) in [5, 5.41) is 0. The van der Waals surface area contributed by atoms with E-state index in [1.165, 1.54) is 6.92 Å². The van der Waals surface area contributed by atoms with Crippen molar-refractivity contribution in [1.82, 2.24) is 9.62 Å². The van der Waals surface area contributed by atoms with Crippen molar-refractivity contribution in [3.8, 4) is 5.75 Å². The van der Waals surface area contributed by atoms with Crippen molar-refractivity contribution in [2.24, 2.45) is 0 Å². The third-order valence-corrected chi connectivity index (χ3v) is 7.79. The van der Waals surface area contributed by atoms with Crippen LogP contribution in [0.5, 0.6) is 5.75 Å². The average molecular weight is 474 g/mol. The number of anilines is 1. The van der Waals surface area contributed by atoms with Crippen LogP contribution in [0.2, 0.25) is 0 Å². The van der Waals surface area contributed by atoms with Gasteiger partial charge in [-0.2, -0.15) is 0 Å². The topological polar surface area (TPSA) is 88.2 Å². The van der Waals surface area contributed by atoms with E-state index in [1.54, 1.807) is 30.2 Å². The number of nitrogens with zero attached hydrogens (tertiary/aromatic N) is 2. The molecule has 0 aliphatic carbocycles. The molecule has 0 bridgehead atoms. The summed E-state index contributed by atoms with van der Waals surface area (Å²) in [5.74, 6) is 0.717. The number of benzene rings is 2. The van der Waals surface area contributed by atoms with E-state index >= 15 is 0 Å². The molecular formula is C24H31N3O5S. The minimum absolute atomic E-state index is 0.0178. The Labute approximate surface area is 195 Å². The molecule has 2 aliphatic rings. The number of carbonyl (C=O) groups excluding carboxylic acids is 1. The van der Waals surface area contributed by atoms with Gasteiger partial charge in [-0.15, -0.1) is 0 Å². The number of morpholine rings is 1. The van der Waals surface area contributed by atoms with E-state index in [0.29, 0.717) is 19.6 Å². The molecule has 1 saturated heterocycles. The fraction of sp³-hybridized carbons (Fsp3) is 0.458. The third kappa shape index (κ3) is 5.06. The lowest BCUT2D eigenvalue weighted by atomic mass is 10.0. The molecule has 2 heterocycles. The van der Waals surface area contributed by atoms with Gasteiger partial charge in [0, 0.05) is 44.3 Å². The van der Waals surface area contributed by atoms with Crippen molar-refractivity contribution < 1.29 is 22.7 Å². The number of ether oxygens (including phenoxy) is 2. The Morgan fingerprint density at radius 3 is 2.52 bits per heavy atom. The van der Waals surface area contributed by atoms with Gasteiger partial charge in [0.15, 0.2) is 0 Å². The van der Waals surface area contributed by atoms with Crippen LogP contribution in [0, 0.1) is 0 Å². The molecule has 0 unspecified atom stereocenters. The van der Waals surface area contributed by atoms with E-state index in [0.717, 1.165) is 35.7 Å². The van der Waals surface area contributed by atoms with Gasteiger partial charge in [0.2, 0.25) is 15.9 Å². The molecule has 1 N–H and O–H groups in total. The van der Waals surface area contributed by atoms with Gasteiger partial charge in [0.25, 0.3) is 0 Å². The summed E-state index contributed by atoms with van der Waals surface area (Å²) in [6.07, 6.45) is 0.639. The van der Waals surface area contributed by atoms with E-state index in [-0.39, 0.29) is 29.4 Å². The standard InChI is InChI=1S/C24H31N3O5S/c1-17-14-20-15-22(8-9-23(20)27(17)18(2)28)33(29,30)25-16-24(26-10-12-32-13-11-26)19-4-6-21(31-3)7-5-19/h4-9,15,17,24-25H,10-14,16H2,1-3H3/t17-,24-/m0/s1. The highest BCUT2D eigenvalue weighted by Crippen LogP contribution is 2.34. The number of fused-ring (bicyclic) bond motifs is 1. The molecule has 2 aliphatic heterocycles. The Hall–Kier alpha value is -2.46. The molecule has 33 heavy (non-hydrogen) atoms. The van der Waals surface area contributed by atoms with Gasteiger partial charge >= 0.3 is 0 Å². The molecule has 2 aromatic carbocycles. The summed E-state index contributed by atoms with van der Waals surface area (Å²) in [5.41, 5.74) is 2.68. The number of carbonyl (C=O) groups is 1. The Morgan fingerprint density at radius 1 is 1.18 bits per heavy atom. The zero-order valence-corrected chi connectivity index (χ0v) is 20.1. The molecule has 0 spiro atoms. The monoisotopic (exact) mass is 473 g/mol. The predicted molar refractivity (Wildman–Crippen MR) is 126 cm³/mol. The highest BCUT2D eigenvalue weighted by Gasteiger charge is 2.31. The van der Waals surface area contributed by atoms with Crippen LogP contribution < -0.4 is 14.4 Å². The Morgan fingerprint density at radius 2 is 1.88 bits per heavy atom. The third-order valence-electron chi connectivity index (χ3n) is 6.37. The van der Waals surface area contributed by atoms with Gasteiger partial charge in [-0.05, 0) is 54.8 Å². The zero-order chi connectivity index (χ0) is 23.6. The van der Waals surface area contributed by atoms with Crippen molar-refractivity contribution in [3.63, 3.8) is 0 Å². The summed E-state index contributed by atoms with van der Waals surface area (Å²) in [6, 6.07) is 12.6. The highest BCUT2D eigenvalue weighted by atomic mass is 32.2. The van der Waals surface area contributed by atoms with Crippen LogP contribution in [-0.2, 0) is 26.0 Å². The van der Waals surface area contributed by atoms with E-state index in [2.05, 4.69) is 9.62 Å². The van der Waals surface area contributed by atoms with Gasteiger partial charge < -0.3 is 14.4 Å². The summed E-state index contributed by atoms with van der Waals surface area (Å²) < 4.78 is 39.9. The molecule has 1 amide bonds. The quantitative estimate of drug-likeness (QED) is 0.664. The number of amides is 1. The first-order chi connectivity index (χ1) is 15.8. The summed E-state index contributed by atoms with van der Waals surface area (Å²) >= 11 is 0. The van der Waals surface area contributed by atoms with Crippen molar-refractivity contribution >= 4 is 21.6 Å². The predicted octanol–water partition coefficient (Wildman–Crippen LogP) is 2.34. The van der Waals surface area contributed by atoms with Crippen LogP contribution in [0.1, 0.15) is 31.0 Å². The number of hydrogen-bond donors (Lipinski definition) is 1. The largest absolute Gasteiger partial charge is 0.497 e.